The van der Waals surface area contributed by atoms with Gasteiger partial charge in [0.2, 0.25) is 5.75 Å². The van der Waals surface area contributed by atoms with Gasteiger partial charge in [0, 0.05) is 30.2 Å². The van der Waals surface area contributed by atoms with Gasteiger partial charge in [-0.15, -0.1) is 0 Å². The average Bonchev–Trinajstić information content (AvgIpc) is 2.72. The first-order valence-corrected chi connectivity index (χ1v) is 9.04. The molecule has 1 atom stereocenters. The number of nitrogens with zero attached hydrogens (tertiary/aromatic N) is 1. The summed E-state index contributed by atoms with van der Waals surface area (Å²) in [6.45, 7) is 1.93. The molecule has 3 rings (SSSR count). The van der Waals surface area contributed by atoms with Crippen molar-refractivity contribution in [2.45, 2.75) is 6.04 Å². The molecule has 2 aromatic carbocycles. The van der Waals surface area contributed by atoms with Crippen molar-refractivity contribution in [3.8, 4) is 17.2 Å². The summed E-state index contributed by atoms with van der Waals surface area (Å²) in [5.41, 5.74) is 1.40. The van der Waals surface area contributed by atoms with E-state index in [1.165, 1.54) is 21.3 Å². The van der Waals surface area contributed by atoms with Crippen LogP contribution in [0.2, 0.25) is 5.02 Å². The average molecular weight is 391 g/mol. The van der Waals surface area contributed by atoms with Gasteiger partial charge in [-0.05, 0) is 23.8 Å². The predicted octanol–water partition coefficient (Wildman–Crippen LogP) is 3.15. The Hall–Kier alpha value is -2.44. The first-order valence-electron chi connectivity index (χ1n) is 8.66. The van der Waals surface area contributed by atoms with Crippen molar-refractivity contribution >= 4 is 17.5 Å². The zero-order valence-corrected chi connectivity index (χ0v) is 16.4. The number of hydrogen-bond acceptors (Lipinski definition) is 5. The highest BCUT2D eigenvalue weighted by Gasteiger charge is 2.31. The van der Waals surface area contributed by atoms with Crippen LogP contribution in [0.15, 0.2) is 36.4 Å². The number of hydrogen-bond donors (Lipinski definition) is 1. The molecule has 1 aliphatic heterocycles. The van der Waals surface area contributed by atoms with Gasteiger partial charge in [0.1, 0.15) is 0 Å². The normalized spacial score (nSPS) is 16.7. The molecule has 1 fully saturated rings. The van der Waals surface area contributed by atoms with Crippen LogP contribution in [0.5, 0.6) is 17.2 Å². The first kappa shape index (κ1) is 19.3. The molecule has 6 nitrogen and oxygen atoms in total. The van der Waals surface area contributed by atoms with Crippen LogP contribution in [-0.4, -0.2) is 51.8 Å². The summed E-state index contributed by atoms with van der Waals surface area (Å²) in [6.07, 6.45) is 0. The number of benzene rings is 2. The third-order valence-electron chi connectivity index (χ3n) is 4.68. The van der Waals surface area contributed by atoms with Gasteiger partial charge in [-0.2, -0.15) is 0 Å². The second-order valence-electron chi connectivity index (χ2n) is 6.15. The number of methoxy groups -OCH3 is 3. The maximum Gasteiger partial charge on any atom is 0.254 e. The fourth-order valence-electron chi connectivity index (χ4n) is 3.34. The number of ether oxygens (including phenoxy) is 3. The number of halogens is 1. The molecule has 27 heavy (non-hydrogen) atoms. The van der Waals surface area contributed by atoms with Gasteiger partial charge in [-0.1, -0.05) is 29.8 Å². The Morgan fingerprint density at radius 2 is 1.78 bits per heavy atom. The van der Waals surface area contributed by atoms with Crippen LogP contribution in [0, 0.1) is 0 Å². The molecule has 0 bridgehead atoms. The van der Waals surface area contributed by atoms with Gasteiger partial charge in [-0.25, -0.2) is 0 Å². The molecule has 1 amide bonds. The van der Waals surface area contributed by atoms with Gasteiger partial charge < -0.3 is 24.4 Å². The summed E-state index contributed by atoms with van der Waals surface area (Å²) in [7, 11) is 4.59. The van der Waals surface area contributed by atoms with E-state index in [0.717, 1.165) is 12.1 Å². The summed E-state index contributed by atoms with van der Waals surface area (Å²) >= 11 is 6.39. The lowest BCUT2D eigenvalue weighted by molar-refractivity contribution is 0.0633. The number of piperazine rings is 1. The first-order chi connectivity index (χ1) is 13.1. The van der Waals surface area contributed by atoms with Crippen LogP contribution in [0.4, 0.5) is 0 Å². The molecule has 1 unspecified atom stereocenters. The minimum absolute atomic E-state index is 0.110. The van der Waals surface area contributed by atoms with Crippen LogP contribution in [0.3, 0.4) is 0 Å². The van der Waals surface area contributed by atoms with Crippen molar-refractivity contribution in [1.29, 1.82) is 0 Å². The van der Waals surface area contributed by atoms with Gasteiger partial charge in [0.25, 0.3) is 5.91 Å². The third-order valence-corrected chi connectivity index (χ3v) is 5.02. The maximum atomic E-state index is 13.3. The van der Waals surface area contributed by atoms with Gasteiger partial charge >= 0.3 is 0 Å². The standard InChI is InChI=1S/C20H23ClN2O4/c1-25-17-10-13(11-18(26-2)19(17)27-3)20(24)23-9-8-22-12-16(23)14-6-4-5-7-15(14)21/h4-7,10-11,16,22H,8-9,12H2,1-3H3. The van der Waals surface area contributed by atoms with E-state index in [2.05, 4.69) is 5.32 Å². The lowest BCUT2D eigenvalue weighted by Gasteiger charge is -2.37. The zero-order chi connectivity index (χ0) is 19.4. The second-order valence-corrected chi connectivity index (χ2v) is 6.56. The highest BCUT2D eigenvalue weighted by atomic mass is 35.5. The molecular formula is C20H23ClN2O4. The quantitative estimate of drug-likeness (QED) is 0.849. The van der Waals surface area contributed by atoms with Crippen molar-refractivity contribution < 1.29 is 19.0 Å². The van der Waals surface area contributed by atoms with Crippen LogP contribution in [0.25, 0.3) is 0 Å². The Morgan fingerprint density at radius 1 is 1.11 bits per heavy atom. The summed E-state index contributed by atoms with van der Waals surface area (Å²) in [6, 6.07) is 10.8. The van der Waals surface area contributed by atoms with Gasteiger partial charge in [-0.3, -0.25) is 4.79 Å². The van der Waals surface area contributed by atoms with E-state index < -0.39 is 0 Å². The Bertz CT molecular complexity index is 802. The van der Waals surface area contributed by atoms with Gasteiger partial charge in [0.05, 0.1) is 27.4 Å². The molecule has 1 saturated heterocycles. The van der Waals surface area contributed by atoms with Gasteiger partial charge in [0.15, 0.2) is 11.5 Å². The predicted molar refractivity (Wildman–Crippen MR) is 104 cm³/mol. The molecule has 1 heterocycles. The number of amides is 1. The molecule has 144 valence electrons. The van der Waals surface area contributed by atoms with Crippen LogP contribution in [-0.2, 0) is 0 Å². The molecule has 1 aliphatic rings. The van der Waals surface area contributed by atoms with Crippen molar-refractivity contribution in [1.82, 2.24) is 10.2 Å². The summed E-state index contributed by atoms with van der Waals surface area (Å²) in [5.74, 6) is 1.24. The van der Waals surface area contributed by atoms with E-state index >= 15 is 0 Å². The van der Waals surface area contributed by atoms with E-state index in [1.807, 2.05) is 29.2 Å². The van der Waals surface area contributed by atoms with Crippen LogP contribution in [0.1, 0.15) is 22.0 Å². The van der Waals surface area contributed by atoms with E-state index in [-0.39, 0.29) is 11.9 Å². The molecule has 0 aromatic heterocycles. The fraction of sp³-hybridized carbons (Fsp3) is 0.350. The fourth-order valence-corrected chi connectivity index (χ4v) is 3.60. The minimum atomic E-state index is -0.154. The molecule has 7 heteroatoms. The monoisotopic (exact) mass is 390 g/mol. The van der Waals surface area contributed by atoms with Crippen molar-refractivity contribution in [2.75, 3.05) is 41.0 Å². The van der Waals surface area contributed by atoms with Crippen molar-refractivity contribution in [3.63, 3.8) is 0 Å². The second kappa shape index (κ2) is 8.50. The Kier molecular flexibility index (Phi) is 6.08. The molecule has 1 N–H and O–H groups in total. The number of carbonyl (C=O) groups excluding carboxylic acids is 1. The molecule has 0 spiro atoms. The summed E-state index contributed by atoms with van der Waals surface area (Å²) in [5, 5.41) is 3.99. The lowest BCUT2D eigenvalue weighted by Crippen LogP contribution is -2.48. The molecule has 0 aliphatic carbocycles. The largest absolute Gasteiger partial charge is 0.493 e. The highest BCUT2D eigenvalue weighted by molar-refractivity contribution is 6.31. The number of nitrogens with one attached hydrogen (secondary N) is 1. The zero-order valence-electron chi connectivity index (χ0n) is 15.6. The Morgan fingerprint density at radius 3 is 2.37 bits per heavy atom. The summed E-state index contributed by atoms with van der Waals surface area (Å²) in [4.78, 5) is 15.2. The SMILES string of the molecule is COc1cc(C(=O)N2CCNCC2c2ccccc2Cl)cc(OC)c1OC. The summed E-state index contributed by atoms with van der Waals surface area (Å²) < 4.78 is 16.1. The smallest absolute Gasteiger partial charge is 0.254 e. The van der Waals surface area contributed by atoms with E-state index in [9.17, 15) is 4.79 Å². The topological polar surface area (TPSA) is 60.0 Å². The van der Waals surface area contributed by atoms with Crippen molar-refractivity contribution in [3.05, 3.63) is 52.5 Å². The molecular weight excluding hydrogens is 368 g/mol. The Labute approximate surface area is 164 Å². The van der Waals surface area contributed by atoms with E-state index in [0.29, 0.717) is 40.9 Å². The number of carbonyl (C=O) groups is 1. The Balaban J connectivity index is 1.99. The lowest BCUT2D eigenvalue weighted by atomic mass is 10.0. The van der Waals surface area contributed by atoms with Crippen LogP contribution >= 0.6 is 11.6 Å². The third kappa shape index (κ3) is 3.82. The highest BCUT2D eigenvalue weighted by Crippen LogP contribution is 2.39. The molecule has 0 saturated carbocycles. The van der Waals surface area contributed by atoms with E-state index in [4.69, 9.17) is 25.8 Å². The van der Waals surface area contributed by atoms with Crippen molar-refractivity contribution in [2.24, 2.45) is 0 Å². The van der Waals surface area contributed by atoms with E-state index in [1.54, 1.807) is 12.1 Å². The van der Waals surface area contributed by atoms with Crippen LogP contribution < -0.4 is 19.5 Å². The molecule has 0 radical (unpaired) electrons. The minimum Gasteiger partial charge on any atom is -0.493 e. The number of rotatable bonds is 5. The maximum absolute atomic E-state index is 13.3. The molecule has 2 aromatic rings.